The van der Waals surface area contributed by atoms with Crippen molar-refractivity contribution in [1.29, 1.82) is 0 Å². The van der Waals surface area contributed by atoms with Gasteiger partial charge in [0.1, 0.15) is 5.78 Å². The third-order valence-corrected chi connectivity index (χ3v) is 6.06. The maximum Gasteiger partial charge on any atom is 0.130 e. The lowest BCUT2D eigenvalue weighted by atomic mass is 9.92. The van der Waals surface area contributed by atoms with Gasteiger partial charge < -0.3 is 4.79 Å². The van der Waals surface area contributed by atoms with E-state index in [1.165, 1.54) is 17.1 Å². The SMILES string of the molecule is CC(=O)CC(CC1SCCS1)c1ccccc1. The summed E-state index contributed by atoms with van der Waals surface area (Å²) >= 11 is 4.09. The Morgan fingerprint density at radius 1 is 1.29 bits per heavy atom. The Bertz CT molecular complexity index is 358. The molecule has 2 rings (SSSR count). The minimum atomic E-state index is 0.298. The van der Waals surface area contributed by atoms with Crippen LogP contribution in [0.25, 0.3) is 0 Å². The van der Waals surface area contributed by atoms with Gasteiger partial charge in [-0.15, -0.1) is 23.5 Å². The van der Waals surface area contributed by atoms with E-state index in [4.69, 9.17) is 0 Å². The predicted octanol–water partition coefficient (Wildman–Crippen LogP) is 3.95. The minimum absolute atomic E-state index is 0.298. The van der Waals surface area contributed by atoms with Gasteiger partial charge in [0.2, 0.25) is 0 Å². The first-order valence-corrected chi connectivity index (χ1v) is 8.13. The number of thioether (sulfide) groups is 2. The normalized spacial score (nSPS) is 18.2. The number of benzene rings is 1. The number of Topliss-reactive ketones (excluding diaryl/α,β-unsaturated/α-hetero) is 1. The first-order valence-electron chi connectivity index (χ1n) is 6.03. The molecule has 1 aliphatic heterocycles. The van der Waals surface area contributed by atoms with E-state index in [2.05, 4.69) is 24.3 Å². The number of hydrogen-bond donors (Lipinski definition) is 0. The molecule has 0 bridgehead atoms. The van der Waals surface area contributed by atoms with Crippen LogP contribution < -0.4 is 0 Å². The molecule has 0 aromatic heterocycles. The van der Waals surface area contributed by atoms with E-state index in [1.54, 1.807) is 6.92 Å². The Labute approximate surface area is 112 Å². The monoisotopic (exact) mass is 266 g/mol. The van der Waals surface area contributed by atoms with Crippen molar-refractivity contribution in [2.24, 2.45) is 0 Å². The molecule has 1 nitrogen and oxygen atoms in total. The van der Waals surface area contributed by atoms with Gasteiger partial charge in [-0.2, -0.15) is 0 Å². The maximum absolute atomic E-state index is 11.4. The van der Waals surface area contributed by atoms with E-state index in [0.29, 0.717) is 22.7 Å². The second-order valence-corrected chi connectivity index (χ2v) is 7.34. The fraction of sp³-hybridized carbons (Fsp3) is 0.500. The lowest BCUT2D eigenvalue weighted by Gasteiger charge is -2.19. The van der Waals surface area contributed by atoms with Gasteiger partial charge in [-0.3, -0.25) is 0 Å². The second-order valence-electron chi connectivity index (χ2n) is 4.42. The molecule has 17 heavy (non-hydrogen) atoms. The summed E-state index contributed by atoms with van der Waals surface area (Å²) < 4.78 is 0.680. The van der Waals surface area contributed by atoms with E-state index in [9.17, 15) is 4.79 Å². The standard InChI is InChI=1S/C14H18OS2/c1-11(15)9-13(10-14-16-7-8-17-14)12-5-3-2-4-6-12/h2-6,13-14H,7-10H2,1H3. The smallest absolute Gasteiger partial charge is 0.130 e. The van der Waals surface area contributed by atoms with Crippen LogP contribution in [0, 0.1) is 0 Å². The van der Waals surface area contributed by atoms with Crippen molar-refractivity contribution < 1.29 is 4.79 Å². The van der Waals surface area contributed by atoms with Crippen molar-refractivity contribution in [2.45, 2.75) is 30.3 Å². The molecule has 0 amide bonds. The van der Waals surface area contributed by atoms with Crippen LogP contribution in [0.4, 0.5) is 0 Å². The summed E-state index contributed by atoms with van der Waals surface area (Å²) in [6, 6.07) is 10.5. The Kier molecular flexibility index (Phi) is 4.99. The van der Waals surface area contributed by atoms with Crippen molar-refractivity contribution in [1.82, 2.24) is 0 Å². The topological polar surface area (TPSA) is 17.1 Å². The number of carbonyl (C=O) groups excluding carboxylic acids is 1. The molecule has 1 aromatic rings. The van der Waals surface area contributed by atoms with Crippen LogP contribution in [0.2, 0.25) is 0 Å². The summed E-state index contributed by atoms with van der Waals surface area (Å²) in [4.78, 5) is 11.4. The molecule has 1 saturated heterocycles. The van der Waals surface area contributed by atoms with E-state index in [1.807, 2.05) is 29.6 Å². The summed E-state index contributed by atoms with van der Waals surface area (Å²) in [7, 11) is 0. The van der Waals surface area contributed by atoms with Gasteiger partial charge in [-0.05, 0) is 24.8 Å². The van der Waals surface area contributed by atoms with E-state index in [0.717, 1.165) is 6.42 Å². The van der Waals surface area contributed by atoms with Gasteiger partial charge in [0, 0.05) is 17.9 Å². The zero-order valence-electron chi connectivity index (χ0n) is 10.1. The lowest BCUT2D eigenvalue weighted by molar-refractivity contribution is -0.117. The molecule has 3 heteroatoms. The van der Waals surface area contributed by atoms with Crippen LogP contribution in [0.15, 0.2) is 30.3 Å². The Hall–Kier alpha value is -0.410. The molecule has 0 N–H and O–H groups in total. The minimum Gasteiger partial charge on any atom is -0.300 e. The van der Waals surface area contributed by atoms with Crippen LogP contribution in [0.3, 0.4) is 0 Å². The Morgan fingerprint density at radius 2 is 1.94 bits per heavy atom. The fourth-order valence-corrected chi connectivity index (χ4v) is 5.18. The maximum atomic E-state index is 11.4. The molecule has 92 valence electrons. The van der Waals surface area contributed by atoms with Crippen molar-refractivity contribution in [3.05, 3.63) is 35.9 Å². The molecular weight excluding hydrogens is 248 g/mol. The molecule has 0 saturated carbocycles. The highest BCUT2D eigenvalue weighted by atomic mass is 32.2. The molecule has 1 aromatic carbocycles. The average Bonchev–Trinajstić information content (AvgIpc) is 2.82. The van der Waals surface area contributed by atoms with Gasteiger partial charge in [0.05, 0.1) is 4.58 Å². The molecule has 1 atom stereocenters. The van der Waals surface area contributed by atoms with Crippen LogP contribution in [-0.4, -0.2) is 21.9 Å². The summed E-state index contributed by atoms with van der Waals surface area (Å²) in [5, 5.41) is 0. The van der Waals surface area contributed by atoms with Gasteiger partial charge in [0.15, 0.2) is 0 Å². The molecule has 1 heterocycles. The highest BCUT2D eigenvalue weighted by Crippen LogP contribution is 2.39. The van der Waals surface area contributed by atoms with Crippen molar-refractivity contribution in [2.75, 3.05) is 11.5 Å². The first-order chi connectivity index (χ1) is 8.25. The van der Waals surface area contributed by atoms with E-state index < -0.39 is 0 Å². The van der Waals surface area contributed by atoms with E-state index in [-0.39, 0.29) is 0 Å². The van der Waals surface area contributed by atoms with Gasteiger partial charge in [-0.1, -0.05) is 30.3 Å². The first kappa shape index (κ1) is 13.0. The van der Waals surface area contributed by atoms with Crippen molar-refractivity contribution in [3.63, 3.8) is 0 Å². The zero-order chi connectivity index (χ0) is 12.1. The highest BCUT2D eigenvalue weighted by molar-refractivity contribution is 8.20. The lowest BCUT2D eigenvalue weighted by Crippen LogP contribution is -2.09. The number of carbonyl (C=O) groups is 1. The Morgan fingerprint density at radius 3 is 2.53 bits per heavy atom. The summed E-state index contributed by atoms with van der Waals surface area (Å²) in [5.74, 6) is 3.22. The third-order valence-electron chi connectivity index (χ3n) is 2.97. The second kappa shape index (κ2) is 6.50. The number of rotatable bonds is 5. The molecular formula is C14H18OS2. The summed E-state index contributed by atoms with van der Waals surface area (Å²) in [6.45, 7) is 1.70. The highest BCUT2D eigenvalue weighted by Gasteiger charge is 2.23. The third kappa shape index (κ3) is 4.07. The molecule has 1 fully saturated rings. The van der Waals surface area contributed by atoms with Gasteiger partial charge in [-0.25, -0.2) is 0 Å². The van der Waals surface area contributed by atoms with Crippen LogP contribution in [0.1, 0.15) is 31.2 Å². The molecule has 1 unspecified atom stereocenters. The molecule has 0 radical (unpaired) electrons. The predicted molar refractivity (Wildman–Crippen MR) is 77.8 cm³/mol. The van der Waals surface area contributed by atoms with Gasteiger partial charge in [0.25, 0.3) is 0 Å². The largest absolute Gasteiger partial charge is 0.300 e. The van der Waals surface area contributed by atoms with Crippen molar-refractivity contribution >= 4 is 29.3 Å². The average molecular weight is 266 g/mol. The number of ketones is 1. The van der Waals surface area contributed by atoms with Crippen molar-refractivity contribution in [3.8, 4) is 0 Å². The van der Waals surface area contributed by atoms with Crippen LogP contribution >= 0.6 is 23.5 Å². The van der Waals surface area contributed by atoms with Crippen LogP contribution in [0.5, 0.6) is 0 Å². The quantitative estimate of drug-likeness (QED) is 0.803. The molecule has 0 spiro atoms. The van der Waals surface area contributed by atoms with Gasteiger partial charge >= 0.3 is 0 Å². The zero-order valence-corrected chi connectivity index (χ0v) is 11.7. The fourth-order valence-electron chi connectivity index (χ4n) is 2.19. The summed E-state index contributed by atoms with van der Waals surface area (Å²) in [5.41, 5.74) is 1.32. The Balaban J connectivity index is 2.04. The molecule has 0 aliphatic carbocycles. The number of hydrogen-bond acceptors (Lipinski definition) is 3. The summed E-state index contributed by atoms with van der Waals surface area (Å²) in [6.07, 6.45) is 1.81. The molecule has 1 aliphatic rings. The van der Waals surface area contributed by atoms with Crippen LogP contribution in [-0.2, 0) is 4.79 Å². The van der Waals surface area contributed by atoms with E-state index >= 15 is 0 Å².